The molecule has 5 N–H and O–H groups in total. The highest BCUT2D eigenvalue weighted by Gasteiger charge is 2.60. The van der Waals surface area contributed by atoms with Crippen molar-refractivity contribution >= 4 is 53.2 Å². The zero-order valence-electron chi connectivity index (χ0n) is 23.0. The Hall–Kier alpha value is -3.50. The number of nitro groups is 1. The van der Waals surface area contributed by atoms with Crippen molar-refractivity contribution in [3.05, 3.63) is 50.5 Å². The normalized spacial score (nSPS) is 25.6. The molecule has 2 saturated heterocycles. The molecule has 0 bridgehead atoms. The maximum atomic E-state index is 13.2. The van der Waals surface area contributed by atoms with Gasteiger partial charge in [-0.15, -0.1) is 11.8 Å². The summed E-state index contributed by atoms with van der Waals surface area (Å²) in [6, 6.07) is 4.38. The van der Waals surface area contributed by atoms with Crippen LogP contribution in [0.2, 0.25) is 0 Å². The Morgan fingerprint density at radius 3 is 2.57 bits per heavy atom. The summed E-state index contributed by atoms with van der Waals surface area (Å²) in [4.78, 5) is 62.9. The van der Waals surface area contributed by atoms with Crippen molar-refractivity contribution in [1.29, 1.82) is 0 Å². The van der Waals surface area contributed by atoms with Crippen LogP contribution in [-0.4, -0.2) is 97.0 Å². The summed E-state index contributed by atoms with van der Waals surface area (Å²) in [7, 11) is 0. The number of benzene rings is 1. The highest BCUT2D eigenvalue weighted by Crippen LogP contribution is 2.52. The Morgan fingerprint density at radius 2 is 1.98 bits per heavy atom. The Labute approximate surface area is 250 Å². The van der Waals surface area contributed by atoms with Gasteiger partial charge in [0.15, 0.2) is 0 Å². The molecular formula is C26H33N5O9S2. The number of ether oxygens (including phenoxy) is 1. The number of nitrogens with two attached hydrogens (primary N) is 1. The summed E-state index contributed by atoms with van der Waals surface area (Å²) in [5, 5.41) is 33.3. The maximum Gasteiger partial charge on any atom is 0.410 e. The van der Waals surface area contributed by atoms with Gasteiger partial charge in [-0.2, -0.15) is 11.8 Å². The van der Waals surface area contributed by atoms with E-state index >= 15 is 0 Å². The maximum absolute atomic E-state index is 13.2. The fraction of sp³-hybridized carbons (Fsp3) is 0.538. The van der Waals surface area contributed by atoms with Crippen LogP contribution in [0.15, 0.2) is 34.9 Å². The molecule has 6 atom stereocenters. The lowest BCUT2D eigenvalue weighted by Gasteiger charge is -2.46. The summed E-state index contributed by atoms with van der Waals surface area (Å²) in [5.74, 6) is -1.49. The number of nitro benzene ring substituents is 1. The van der Waals surface area contributed by atoms with Crippen LogP contribution in [0.4, 0.5) is 15.3 Å². The summed E-state index contributed by atoms with van der Waals surface area (Å²) in [6.45, 7) is 3.92. The number of amides is 4. The summed E-state index contributed by atoms with van der Waals surface area (Å²) >= 11 is 2.86. The molecule has 4 amide bonds. The summed E-state index contributed by atoms with van der Waals surface area (Å²) < 4.78 is 5.54. The number of carbonyl (C=O) groups excluding carboxylic acids is 3. The number of urea groups is 1. The minimum absolute atomic E-state index is 0.0675. The summed E-state index contributed by atoms with van der Waals surface area (Å²) in [6.07, 6.45) is -0.939. The van der Waals surface area contributed by atoms with Gasteiger partial charge in [-0.05, 0) is 31.0 Å². The van der Waals surface area contributed by atoms with Crippen LogP contribution < -0.4 is 11.1 Å². The van der Waals surface area contributed by atoms with Gasteiger partial charge in [-0.1, -0.05) is 6.92 Å². The highest BCUT2D eigenvalue weighted by molar-refractivity contribution is 8.03. The molecule has 14 nitrogen and oxygen atoms in total. The Bertz CT molecular complexity index is 1280. The topological polar surface area (TPSA) is 206 Å². The molecule has 3 aliphatic rings. The van der Waals surface area contributed by atoms with Gasteiger partial charge < -0.3 is 35.8 Å². The molecule has 0 radical (unpaired) electrons. The lowest BCUT2D eigenvalue weighted by atomic mass is 9.79. The van der Waals surface area contributed by atoms with Gasteiger partial charge in [0.05, 0.1) is 23.0 Å². The molecule has 4 rings (SSSR count). The van der Waals surface area contributed by atoms with E-state index in [1.54, 1.807) is 4.90 Å². The second-order valence-corrected chi connectivity index (χ2v) is 12.9. The summed E-state index contributed by atoms with van der Waals surface area (Å²) in [5.41, 5.74) is 5.55. The number of hydrogen-bond acceptors (Lipinski definition) is 10. The lowest BCUT2D eigenvalue weighted by Crippen LogP contribution is -2.63. The monoisotopic (exact) mass is 623 g/mol. The average Bonchev–Trinajstić information content (AvgIpc) is 3.43. The number of rotatable bonds is 12. The molecule has 0 unspecified atom stereocenters. The SMILES string of the molecule is C[C@@H]1C(S[C@H]2C[C@@H](CSCCNC(N)=O)N(C(=O)OCc3ccc([N+](=O)[O-])cc3)C2)=C(C(=O)O)N2C(=O)[C@H]([C@@H](C)O)[C@@H]12. The largest absolute Gasteiger partial charge is 0.477 e. The van der Waals surface area contributed by atoms with Crippen molar-refractivity contribution in [2.75, 3.05) is 24.6 Å². The zero-order chi connectivity index (χ0) is 30.7. The highest BCUT2D eigenvalue weighted by atomic mass is 32.2. The predicted octanol–water partition coefficient (Wildman–Crippen LogP) is 1.96. The fourth-order valence-electron chi connectivity index (χ4n) is 5.61. The Morgan fingerprint density at radius 1 is 1.29 bits per heavy atom. The average molecular weight is 624 g/mol. The van der Waals surface area contributed by atoms with E-state index in [9.17, 15) is 39.5 Å². The van der Waals surface area contributed by atoms with E-state index in [-0.39, 0.29) is 41.7 Å². The number of carbonyl (C=O) groups is 4. The molecule has 16 heteroatoms. The number of aliphatic hydroxyl groups excluding tert-OH is 1. The molecule has 228 valence electrons. The second-order valence-electron chi connectivity index (χ2n) is 10.4. The lowest BCUT2D eigenvalue weighted by molar-refractivity contribution is -0.384. The number of carboxylic acid groups (broad SMARTS) is 1. The fourth-order valence-corrected chi connectivity index (χ4v) is 8.17. The molecular weight excluding hydrogens is 590 g/mol. The smallest absolute Gasteiger partial charge is 0.410 e. The number of primary amides is 1. The standard InChI is InChI=1S/C26H33N5O9S2/c1-13-20-19(14(2)32)23(33)30(20)21(24(34)35)22(13)42-18-9-17(12-41-8-7-28-25(27)36)29(10-18)26(37)40-11-15-3-5-16(6-4-15)31(38)39/h3-6,13-14,17-20,32H,7-12H2,1-2H3,(H,34,35)(H3,27,28,36)/t13-,14+,17-,18-,19+,20+/m0/s1. The van der Waals surface area contributed by atoms with Crippen LogP contribution in [0.1, 0.15) is 25.8 Å². The molecule has 0 aromatic heterocycles. The van der Waals surface area contributed by atoms with Crippen molar-refractivity contribution in [2.24, 2.45) is 17.6 Å². The molecule has 1 aromatic carbocycles. The van der Waals surface area contributed by atoms with Crippen molar-refractivity contribution in [3.63, 3.8) is 0 Å². The van der Waals surface area contributed by atoms with Gasteiger partial charge >= 0.3 is 18.1 Å². The molecule has 3 heterocycles. The first kappa shape index (κ1) is 31.4. The van der Waals surface area contributed by atoms with Crippen LogP contribution in [0, 0.1) is 22.0 Å². The number of hydrogen-bond donors (Lipinski definition) is 4. The molecule has 1 aromatic rings. The molecule has 3 aliphatic heterocycles. The third-order valence-corrected chi connectivity index (χ3v) is 10.2. The van der Waals surface area contributed by atoms with Crippen molar-refractivity contribution in [3.8, 4) is 0 Å². The zero-order valence-corrected chi connectivity index (χ0v) is 24.6. The quantitative estimate of drug-likeness (QED) is 0.115. The van der Waals surface area contributed by atoms with Gasteiger partial charge in [-0.25, -0.2) is 14.4 Å². The van der Waals surface area contributed by atoms with Crippen LogP contribution >= 0.6 is 23.5 Å². The Balaban J connectivity index is 1.45. The molecule has 42 heavy (non-hydrogen) atoms. The number of likely N-dealkylation sites (tertiary alicyclic amines) is 1. The number of carboxylic acids is 1. The van der Waals surface area contributed by atoms with Gasteiger partial charge in [0, 0.05) is 58.8 Å². The first-order valence-electron chi connectivity index (χ1n) is 13.3. The van der Waals surface area contributed by atoms with Crippen molar-refractivity contribution < 1.29 is 39.1 Å². The number of non-ortho nitro benzene ring substituents is 1. The van der Waals surface area contributed by atoms with Crippen LogP contribution in [-0.2, 0) is 20.9 Å². The number of aliphatic carboxylic acids is 1. The number of aliphatic hydroxyl groups is 1. The molecule has 0 saturated carbocycles. The van der Waals surface area contributed by atoms with E-state index in [2.05, 4.69) is 5.32 Å². The molecule has 2 fully saturated rings. The van der Waals surface area contributed by atoms with Gasteiger partial charge in [0.2, 0.25) is 5.91 Å². The van der Waals surface area contributed by atoms with Crippen molar-refractivity contribution in [1.82, 2.24) is 15.1 Å². The van der Waals surface area contributed by atoms with Gasteiger partial charge in [0.25, 0.3) is 5.69 Å². The number of fused-ring (bicyclic) bond motifs is 1. The minimum atomic E-state index is -1.21. The van der Waals surface area contributed by atoms with Gasteiger partial charge in [0.1, 0.15) is 12.3 Å². The van der Waals surface area contributed by atoms with Crippen LogP contribution in [0.25, 0.3) is 0 Å². The molecule has 0 aliphatic carbocycles. The van der Waals surface area contributed by atoms with Crippen molar-refractivity contribution in [2.45, 2.75) is 50.3 Å². The Kier molecular flexibility index (Phi) is 9.89. The van der Waals surface area contributed by atoms with Crippen LogP contribution in [0.5, 0.6) is 0 Å². The van der Waals surface area contributed by atoms with E-state index in [1.165, 1.54) is 59.6 Å². The number of β-lactam (4-membered cyclic amide) rings is 1. The second kappa shape index (κ2) is 13.2. The first-order valence-corrected chi connectivity index (χ1v) is 15.4. The van der Waals surface area contributed by atoms with E-state index in [4.69, 9.17) is 10.5 Å². The van der Waals surface area contributed by atoms with E-state index in [0.717, 1.165) is 0 Å². The number of nitrogens with zero attached hydrogens (tertiary/aromatic N) is 3. The first-order chi connectivity index (χ1) is 19.9. The van der Waals surface area contributed by atoms with E-state index in [1.807, 2.05) is 6.92 Å². The van der Waals surface area contributed by atoms with Crippen LogP contribution in [0.3, 0.4) is 0 Å². The predicted molar refractivity (Wildman–Crippen MR) is 154 cm³/mol. The number of nitrogens with one attached hydrogen (secondary N) is 1. The molecule has 0 spiro atoms. The minimum Gasteiger partial charge on any atom is -0.477 e. The number of thioether (sulfide) groups is 2. The third kappa shape index (κ3) is 6.60. The van der Waals surface area contributed by atoms with Gasteiger partial charge in [-0.3, -0.25) is 14.9 Å². The van der Waals surface area contributed by atoms with E-state index in [0.29, 0.717) is 34.9 Å². The third-order valence-electron chi connectivity index (χ3n) is 7.58. The van der Waals surface area contributed by atoms with E-state index < -0.39 is 47.0 Å².